The van der Waals surface area contributed by atoms with Gasteiger partial charge in [-0.2, -0.15) is 5.10 Å². The summed E-state index contributed by atoms with van der Waals surface area (Å²) in [5, 5.41) is 8.09. The van der Waals surface area contributed by atoms with Gasteiger partial charge in [0.2, 0.25) is 0 Å². The molecule has 1 aliphatic heterocycles. The van der Waals surface area contributed by atoms with Crippen LogP contribution in [0.15, 0.2) is 30.5 Å². The Bertz CT molecular complexity index is 1020. The van der Waals surface area contributed by atoms with E-state index in [1.54, 1.807) is 10.7 Å². The van der Waals surface area contributed by atoms with Crippen molar-refractivity contribution in [2.24, 2.45) is 0 Å². The summed E-state index contributed by atoms with van der Waals surface area (Å²) < 4.78 is 7.30. The van der Waals surface area contributed by atoms with Crippen LogP contribution in [0.25, 0.3) is 5.65 Å². The second-order valence-electron chi connectivity index (χ2n) is 7.17. The molecule has 2 aromatic heterocycles. The maximum absolute atomic E-state index is 12.6. The molecule has 6 nitrogen and oxygen atoms in total. The summed E-state index contributed by atoms with van der Waals surface area (Å²) in [6.07, 6.45) is 4.38. The van der Waals surface area contributed by atoms with Gasteiger partial charge in [0.25, 0.3) is 5.91 Å². The van der Waals surface area contributed by atoms with Crippen LogP contribution in [0.5, 0.6) is 0 Å². The predicted molar refractivity (Wildman–Crippen MR) is 108 cm³/mol. The summed E-state index contributed by atoms with van der Waals surface area (Å²) in [4.78, 5) is 17.3. The highest BCUT2D eigenvalue weighted by Gasteiger charge is 2.21. The second kappa shape index (κ2) is 7.89. The topological polar surface area (TPSA) is 68.5 Å². The number of benzene rings is 1. The molecule has 4 rings (SSSR count). The molecule has 0 radical (unpaired) electrons. The third-order valence-corrected chi connectivity index (χ3v) is 5.66. The zero-order chi connectivity index (χ0) is 19.7. The van der Waals surface area contributed by atoms with Crippen molar-refractivity contribution in [3.8, 4) is 0 Å². The Morgan fingerprint density at radius 3 is 2.93 bits per heavy atom. The molecule has 1 N–H and O–H groups in total. The minimum Gasteiger partial charge on any atom is -0.376 e. The number of halogens is 1. The van der Waals surface area contributed by atoms with Crippen molar-refractivity contribution in [3.05, 3.63) is 63.6 Å². The van der Waals surface area contributed by atoms with Gasteiger partial charge in [-0.05, 0) is 43.9 Å². The number of aryl methyl sites for hydroxylation is 2. The predicted octanol–water partition coefficient (Wildman–Crippen LogP) is 3.50. The summed E-state index contributed by atoms with van der Waals surface area (Å²) in [6.45, 7) is 5.24. The number of hydrogen-bond acceptors (Lipinski definition) is 4. The first-order valence-corrected chi connectivity index (χ1v) is 9.89. The Morgan fingerprint density at radius 2 is 2.18 bits per heavy atom. The molecule has 0 bridgehead atoms. The summed E-state index contributed by atoms with van der Waals surface area (Å²) in [7, 11) is 0. The lowest BCUT2D eigenvalue weighted by atomic mass is 10.0. The Kier molecular flexibility index (Phi) is 5.33. The maximum Gasteiger partial charge on any atom is 0.256 e. The van der Waals surface area contributed by atoms with Crippen LogP contribution >= 0.6 is 11.6 Å². The van der Waals surface area contributed by atoms with Crippen LogP contribution in [0.1, 0.15) is 45.7 Å². The van der Waals surface area contributed by atoms with Crippen LogP contribution < -0.4 is 5.32 Å². The molecular formula is C21H23ClN4O2. The Morgan fingerprint density at radius 1 is 1.36 bits per heavy atom. The van der Waals surface area contributed by atoms with Crippen LogP contribution in [0.3, 0.4) is 0 Å². The number of carbonyl (C=O) groups excluding carboxylic acids is 1. The molecule has 0 unspecified atom stereocenters. The van der Waals surface area contributed by atoms with E-state index in [-0.39, 0.29) is 12.0 Å². The fourth-order valence-corrected chi connectivity index (χ4v) is 3.87. The molecule has 1 amide bonds. The monoisotopic (exact) mass is 398 g/mol. The number of rotatable bonds is 5. The number of hydrogen-bond donors (Lipinski definition) is 1. The summed E-state index contributed by atoms with van der Waals surface area (Å²) in [6, 6.07) is 7.79. The van der Waals surface area contributed by atoms with Gasteiger partial charge in [0.15, 0.2) is 5.65 Å². The van der Waals surface area contributed by atoms with E-state index >= 15 is 0 Å². The molecule has 1 aromatic carbocycles. The van der Waals surface area contributed by atoms with Crippen molar-refractivity contribution in [3.63, 3.8) is 0 Å². The number of fused-ring (bicyclic) bond motifs is 1. The van der Waals surface area contributed by atoms with Gasteiger partial charge < -0.3 is 10.1 Å². The number of amides is 1. The molecule has 0 saturated carbocycles. The average Bonchev–Trinajstić information content (AvgIpc) is 3.34. The average molecular weight is 399 g/mol. The van der Waals surface area contributed by atoms with Crippen LogP contribution in [0, 0.1) is 13.8 Å². The van der Waals surface area contributed by atoms with E-state index in [1.165, 1.54) is 0 Å². The van der Waals surface area contributed by atoms with E-state index in [2.05, 4.69) is 15.4 Å². The molecular weight excluding hydrogens is 376 g/mol. The van der Waals surface area contributed by atoms with Crippen LogP contribution in [-0.2, 0) is 11.2 Å². The van der Waals surface area contributed by atoms with Crippen molar-refractivity contribution in [1.82, 2.24) is 19.9 Å². The van der Waals surface area contributed by atoms with E-state index in [9.17, 15) is 4.79 Å². The van der Waals surface area contributed by atoms with Crippen molar-refractivity contribution in [1.29, 1.82) is 0 Å². The van der Waals surface area contributed by atoms with Gasteiger partial charge in [0.05, 0.1) is 12.3 Å². The van der Waals surface area contributed by atoms with Crippen molar-refractivity contribution < 1.29 is 9.53 Å². The lowest BCUT2D eigenvalue weighted by Gasteiger charge is -2.13. The summed E-state index contributed by atoms with van der Waals surface area (Å²) >= 11 is 6.33. The minimum atomic E-state index is -0.171. The molecule has 0 spiro atoms. The fourth-order valence-electron chi connectivity index (χ4n) is 3.67. The zero-order valence-corrected chi connectivity index (χ0v) is 16.8. The van der Waals surface area contributed by atoms with Crippen molar-refractivity contribution in [2.45, 2.75) is 39.2 Å². The molecule has 1 aliphatic rings. The largest absolute Gasteiger partial charge is 0.376 e. The van der Waals surface area contributed by atoms with Gasteiger partial charge in [-0.25, -0.2) is 9.50 Å². The first-order valence-electron chi connectivity index (χ1n) is 9.51. The Hall–Kier alpha value is -2.44. The number of nitrogens with zero attached hydrogens (tertiary/aromatic N) is 3. The quantitative estimate of drug-likeness (QED) is 0.714. The zero-order valence-electron chi connectivity index (χ0n) is 16.0. The normalized spacial score (nSPS) is 16.6. The van der Waals surface area contributed by atoms with Crippen LogP contribution in [0.2, 0.25) is 5.02 Å². The minimum absolute atomic E-state index is 0.101. The molecule has 3 aromatic rings. The van der Waals surface area contributed by atoms with Crippen molar-refractivity contribution in [2.75, 3.05) is 13.2 Å². The van der Waals surface area contributed by atoms with E-state index in [0.29, 0.717) is 24.2 Å². The van der Waals surface area contributed by atoms with E-state index in [1.807, 2.05) is 38.1 Å². The number of nitrogens with one attached hydrogen (secondary N) is 1. The van der Waals surface area contributed by atoms with E-state index in [4.69, 9.17) is 16.3 Å². The third kappa shape index (κ3) is 3.62. The van der Waals surface area contributed by atoms with Gasteiger partial charge in [0, 0.05) is 36.0 Å². The second-order valence-corrected chi connectivity index (χ2v) is 7.58. The van der Waals surface area contributed by atoms with E-state index < -0.39 is 0 Å². The van der Waals surface area contributed by atoms with Gasteiger partial charge >= 0.3 is 0 Å². The van der Waals surface area contributed by atoms with Crippen molar-refractivity contribution >= 4 is 23.2 Å². The summed E-state index contributed by atoms with van der Waals surface area (Å²) in [5.74, 6) is -0.171. The molecule has 3 heterocycles. The standard InChI is InChI=1S/C21H23ClN4O2/c1-13-17(10-15-6-3-4-8-19(15)22)14(2)26-20(25-13)18(12-24-26)21(27)23-11-16-7-5-9-28-16/h3-4,6,8,12,16H,5,7,9-11H2,1-2H3,(H,23,27)/t16-/m1/s1. The Labute approximate surface area is 168 Å². The molecule has 1 atom stereocenters. The molecule has 0 aliphatic carbocycles. The Balaban J connectivity index is 1.61. The van der Waals surface area contributed by atoms with E-state index in [0.717, 1.165) is 47.0 Å². The lowest BCUT2D eigenvalue weighted by Crippen LogP contribution is -2.31. The third-order valence-electron chi connectivity index (χ3n) is 5.29. The maximum atomic E-state index is 12.6. The molecule has 1 saturated heterocycles. The van der Waals surface area contributed by atoms with Crippen LogP contribution in [-0.4, -0.2) is 39.8 Å². The highest BCUT2D eigenvalue weighted by molar-refractivity contribution is 6.31. The SMILES string of the molecule is Cc1nc2c(C(=O)NC[C@H]3CCCO3)cnn2c(C)c1Cc1ccccc1Cl. The van der Waals surface area contributed by atoms with Gasteiger partial charge in [-0.1, -0.05) is 29.8 Å². The van der Waals surface area contributed by atoms with Gasteiger partial charge in [-0.3, -0.25) is 4.79 Å². The first kappa shape index (κ1) is 18.9. The number of ether oxygens (including phenoxy) is 1. The number of carbonyl (C=O) groups is 1. The fraction of sp³-hybridized carbons (Fsp3) is 0.381. The highest BCUT2D eigenvalue weighted by atomic mass is 35.5. The number of aromatic nitrogens is 3. The smallest absolute Gasteiger partial charge is 0.256 e. The molecule has 1 fully saturated rings. The van der Waals surface area contributed by atoms with Gasteiger partial charge in [0.1, 0.15) is 5.56 Å². The first-order chi connectivity index (χ1) is 13.5. The highest BCUT2D eigenvalue weighted by Crippen LogP contribution is 2.24. The van der Waals surface area contributed by atoms with Crippen LogP contribution in [0.4, 0.5) is 0 Å². The molecule has 146 valence electrons. The van der Waals surface area contributed by atoms with Gasteiger partial charge in [-0.15, -0.1) is 0 Å². The molecule has 28 heavy (non-hydrogen) atoms. The molecule has 7 heteroatoms. The summed E-state index contributed by atoms with van der Waals surface area (Å²) in [5.41, 5.74) is 4.99. The lowest BCUT2D eigenvalue weighted by molar-refractivity contribution is 0.0859.